The molecule has 2 aromatic rings. The molecule has 140 valence electrons. The summed E-state index contributed by atoms with van der Waals surface area (Å²) in [5, 5.41) is 0. The van der Waals surface area contributed by atoms with Crippen molar-refractivity contribution in [2.75, 3.05) is 0 Å². The number of benzene rings is 2. The van der Waals surface area contributed by atoms with Gasteiger partial charge >= 0.3 is 0 Å². The van der Waals surface area contributed by atoms with Gasteiger partial charge in [0.05, 0.1) is 0 Å². The van der Waals surface area contributed by atoms with Crippen molar-refractivity contribution >= 4 is 11.4 Å². The molecule has 0 aliphatic carbocycles. The van der Waals surface area contributed by atoms with Gasteiger partial charge in [-0.05, 0) is 62.4 Å². The third-order valence-corrected chi connectivity index (χ3v) is 5.25. The number of rotatable bonds is 8. The summed E-state index contributed by atoms with van der Waals surface area (Å²) in [6.07, 6.45) is 8.95. The van der Waals surface area contributed by atoms with E-state index in [4.69, 9.17) is 0 Å². The van der Waals surface area contributed by atoms with E-state index in [0.717, 1.165) is 48.2 Å². The molecular weight excluding hydrogens is 328 g/mol. The van der Waals surface area contributed by atoms with Gasteiger partial charge in [0.2, 0.25) is 11.4 Å². The van der Waals surface area contributed by atoms with Crippen LogP contribution in [0.1, 0.15) is 68.2 Å². The fourth-order valence-electron chi connectivity index (χ4n) is 3.56. The van der Waals surface area contributed by atoms with Gasteiger partial charge in [0.15, 0.2) is 0 Å². The lowest BCUT2D eigenvalue weighted by molar-refractivity contribution is -0.344. The van der Waals surface area contributed by atoms with E-state index >= 15 is 0 Å². The molecule has 1 heterocycles. The van der Waals surface area contributed by atoms with Crippen LogP contribution in [0.15, 0.2) is 60.2 Å². The summed E-state index contributed by atoms with van der Waals surface area (Å²) in [5.41, 5.74) is 18.8. The molecule has 0 N–H and O–H groups in total. The molecule has 0 spiro atoms. The van der Waals surface area contributed by atoms with E-state index in [9.17, 15) is 5.53 Å². The van der Waals surface area contributed by atoms with Crippen LogP contribution in [0.2, 0.25) is 0 Å². The summed E-state index contributed by atoms with van der Waals surface area (Å²) in [4.78, 5) is 0. The molecule has 0 saturated carbocycles. The van der Waals surface area contributed by atoms with Crippen LogP contribution < -0.4 is 0 Å². The summed E-state index contributed by atoms with van der Waals surface area (Å²) >= 11 is 0. The first-order valence-corrected chi connectivity index (χ1v) is 10.2. The van der Waals surface area contributed by atoms with Crippen molar-refractivity contribution in [2.24, 2.45) is 0 Å². The SMILES string of the molecule is CCCCC1=C(c2ccc(CCCC)cc2)[N+](=[N-])C(c2ccc(C)cc2)=C1. The number of allylic oxidation sites excluding steroid dienone is 2. The van der Waals surface area contributed by atoms with Crippen molar-refractivity contribution in [3.63, 3.8) is 0 Å². The van der Waals surface area contributed by atoms with Crippen LogP contribution in [0.4, 0.5) is 0 Å². The van der Waals surface area contributed by atoms with E-state index in [0.29, 0.717) is 0 Å². The van der Waals surface area contributed by atoms with Gasteiger partial charge in [-0.15, -0.1) is 0 Å². The normalized spacial score (nSPS) is 14.0. The summed E-state index contributed by atoms with van der Waals surface area (Å²) < 4.78 is 1.39. The highest BCUT2D eigenvalue weighted by Crippen LogP contribution is 2.37. The van der Waals surface area contributed by atoms with Crippen molar-refractivity contribution in [3.8, 4) is 0 Å². The Morgan fingerprint density at radius 2 is 1.37 bits per heavy atom. The molecule has 0 atom stereocenters. The maximum atomic E-state index is 11.0. The molecule has 3 rings (SSSR count). The van der Waals surface area contributed by atoms with Gasteiger partial charge in [0.25, 0.3) is 0 Å². The van der Waals surface area contributed by atoms with E-state index in [2.05, 4.69) is 75.4 Å². The van der Waals surface area contributed by atoms with Crippen LogP contribution in [0, 0.1) is 6.92 Å². The van der Waals surface area contributed by atoms with Crippen LogP contribution in [0.3, 0.4) is 0 Å². The fourth-order valence-corrected chi connectivity index (χ4v) is 3.56. The third-order valence-electron chi connectivity index (χ3n) is 5.25. The molecule has 2 heteroatoms. The Bertz CT molecular complexity index is 852. The molecular formula is C25H30N2. The highest BCUT2D eigenvalue weighted by atomic mass is 15.2. The Kier molecular flexibility index (Phi) is 6.39. The Hall–Kier alpha value is -2.48. The first kappa shape index (κ1) is 19.3. The number of aryl methyl sites for hydroxylation is 2. The van der Waals surface area contributed by atoms with Crippen LogP contribution >= 0.6 is 0 Å². The molecule has 2 nitrogen and oxygen atoms in total. The number of unbranched alkanes of at least 4 members (excludes halogenated alkanes) is 2. The second-order valence-corrected chi connectivity index (χ2v) is 7.49. The van der Waals surface area contributed by atoms with Gasteiger partial charge in [-0.1, -0.05) is 56.5 Å². The lowest BCUT2D eigenvalue weighted by Gasteiger charge is -2.10. The molecule has 0 fully saturated rings. The number of nitrogens with zero attached hydrogens (tertiary/aromatic N) is 2. The molecule has 27 heavy (non-hydrogen) atoms. The summed E-state index contributed by atoms with van der Waals surface area (Å²) in [6, 6.07) is 17.1. The minimum atomic E-state index is 0.867. The molecule has 0 unspecified atom stereocenters. The largest absolute Gasteiger partial charge is 0.493 e. The average Bonchev–Trinajstić information content (AvgIpc) is 3.02. The molecule has 1 aliphatic rings. The van der Waals surface area contributed by atoms with Crippen molar-refractivity contribution in [1.29, 1.82) is 0 Å². The maximum Gasteiger partial charge on any atom is 0.210 e. The first-order valence-electron chi connectivity index (χ1n) is 10.2. The Balaban J connectivity index is 1.91. The van der Waals surface area contributed by atoms with Gasteiger partial charge in [0.1, 0.15) is 0 Å². The van der Waals surface area contributed by atoms with Gasteiger partial charge in [-0.3, -0.25) is 0 Å². The quantitative estimate of drug-likeness (QED) is 0.441. The van der Waals surface area contributed by atoms with E-state index in [1.54, 1.807) is 0 Å². The standard InChI is InChI=1S/C25H30N2/c1-4-6-8-20-12-16-22(17-13-20)25-23(9-7-5-2)18-24(27(25)26)21-14-10-19(3)11-15-21/h10-18H,4-9H2,1-3H3. The summed E-state index contributed by atoms with van der Waals surface area (Å²) in [6.45, 7) is 6.51. The average molecular weight is 359 g/mol. The van der Waals surface area contributed by atoms with Gasteiger partial charge in [0, 0.05) is 22.8 Å². The minimum Gasteiger partial charge on any atom is -0.493 e. The minimum absolute atomic E-state index is 0.867. The first-order chi connectivity index (χ1) is 13.1. The molecule has 0 bridgehead atoms. The molecule has 0 amide bonds. The second-order valence-electron chi connectivity index (χ2n) is 7.49. The summed E-state index contributed by atoms with van der Waals surface area (Å²) in [5.74, 6) is 0. The zero-order chi connectivity index (χ0) is 19.2. The molecule has 0 saturated heterocycles. The van der Waals surface area contributed by atoms with Crippen molar-refractivity contribution in [2.45, 2.75) is 59.3 Å². The Morgan fingerprint density at radius 1 is 0.778 bits per heavy atom. The van der Waals surface area contributed by atoms with E-state index in [-0.39, 0.29) is 0 Å². The molecule has 0 aromatic heterocycles. The van der Waals surface area contributed by atoms with Crippen molar-refractivity contribution in [3.05, 3.63) is 88.0 Å². The van der Waals surface area contributed by atoms with E-state index in [1.807, 2.05) is 0 Å². The van der Waals surface area contributed by atoms with Crippen LogP contribution in [-0.2, 0) is 6.42 Å². The predicted molar refractivity (Wildman–Crippen MR) is 114 cm³/mol. The number of hydrogen-bond donors (Lipinski definition) is 0. The molecule has 1 aliphatic heterocycles. The molecule has 0 radical (unpaired) electrons. The van der Waals surface area contributed by atoms with Gasteiger partial charge in [-0.25, -0.2) is 4.70 Å². The topological polar surface area (TPSA) is 25.3 Å². The predicted octanol–water partition coefficient (Wildman–Crippen LogP) is 7.33. The van der Waals surface area contributed by atoms with Crippen LogP contribution in [0.5, 0.6) is 0 Å². The smallest absolute Gasteiger partial charge is 0.210 e. The fraction of sp³-hybridized carbons (Fsp3) is 0.360. The van der Waals surface area contributed by atoms with Crippen molar-refractivity contribution < 1.29 is 4.70 Å². The summed E-state index contributed by atoms with van der Waals surface area (Å²) in [7, 11) is 0. The number of hydrogen-bond acceptors (Lipinski definition) is 0. The van der Waals surface area contributed by atoms with Crippen LogP contribution in [0.25, 0.3) is 16.9 Å². The lowest BCUT2D eigenvalue weighted by atomic mass is 10.0. The van der Waals surface area contributed by atoms with Gasteiger partial charge < -0.3 is 5.53 Å². The highest BCUT2D eigenvalue weighted by molar-refractivity contribution is 5.78. The monoisotopic (exact) mass is 358 g/mol. The highest BCUT2D eigenvalue weighted by Gasteiger charge is 2.28. The second kappa shape index (κ2) is 8.94. The van der Waals surface area contributed by atoms with E-state index < -0.39 is 0 Å². The van der Waals surface area contributed by atoms with Gasteiger partial charge in [-0.2, -0.15) is 0 Å². The molecule has 2 aromatic carbocycles. The maximum absolute atomic E-state index is 11.0. The van der Waals surface area contributed by atoms with Crippen LogP contribution in [-0.4, -0.2) is 4.70 Å². The zero-order valence-electron chi connectivity index (χ0n) is 16.8. The Morgan fingerprint density at radius 3 is 2.00 bits per heavy atom. The van der Waals surface area contributed by atoms with E-state index in [1.165, 1.54) is 34.2 Å². The third kappa shape index (κ3) is 4.44. The van der Waals surface area contributed by atoms with Crippen molar-refractivity contribution in [1.82, 2.24) is 0 Å². The Labute approximate surface area is 163 Å². The zero-order valence-corrected chi connectivity index (χ0v) is 16.8. The lowest BCUT2D eigenvalue weighted by Crippen LogP contribution is -2.02.